The first-order chi connectivity index (χ1) is 30.0. The Hall–Kier alpha value is -5.49. The molecule has 334 valence electrons. The SMILES string of the molecule is COc1ccc2c(O[C@@H]3C[C@H]4C(=O)N[C@]5(C(=O)NS(=O)(=O)C6(C)CC6)C[C@H]5/C=C\CCCCC[C@H](NC(=O)c5cnc(C)cn5)C(=O)N4C3)cc(-c3nc(C(C)C)cs3)nc2c1C. The highest BCUT2D eigenvalue weighted by Gasteiger charge is 2.63. The van der Waals surface area contributed by atoms with Crippen LogP contribution in [0.4, 0.5) is 0 Å². The molecule has 2 saturated carbocycles. The minimum Gasteiger partial charge on any atom is -0.496 e. The lowest BCUT2D eigenvalue weighted by Gasteiger charge is -2.30. The van der Waals surface area contributed by atoms with E-state index >= 15 is 0 Å². The zero-order valence-electron chi connectivity index (χ0n) is 36.4. The summed E-state index contributed by atoms with van der Waals surface area (Å²) in [5.41, 5.74) is 2.08. The van der Waals surface area contributed by atoms with Gasteiger partial charge in [0.15, 0.2) is 0 Å². The summed E-state index contributed by atoms with van der Waals surface area (Å²) in [4.78, 5) is 77.0. The van der Waals surface area contributed by atoms with Crippen molar-refractivity contribution >= 4 is 55.9 Å². The summed E-state index contributed by atoms with van der Waals surface area (Å²) in [6.45, 7) is 9.37. The molecule has 2 aliphatic carbocycles. The molecule has 0 radical (unpaired) electrons. The van der Waals surface area contributed by atoms with Gasteiger partial charge in [-0.1, -0.05) is 38.8 Å². The Kier molecular flexibility index (Phi) is 12.1. The molecule has 3 fully saturated rings. The zero-order chi connectivity index (χ0) is 44.8. The highest BCUT2D eigenvalue weighted by molar-refractivity contribution is 7.91. The fourth-order valence-corrected chi connectivity index (χ4v) is 10.6. The third-order valence-electron chi connectivity index (χ3n) is 12.8. The molecule has 0 bridgehead atoms. The van der Waals surface area contributed by atoms with Crippen LogP contribution in [0.15, 0.2) is 48.1 Å². The Balaban J connectivity index is 1.15. The van der Waals surface area contributed by atoms with Crippen LogP contribution in [0.2, 0.25) is 0 Å². The van der Waals surface area contributed by atoms with E-state index in [9.17, 15) is 27.6 Å². The first-order valence-electron chi connectivity index (χ1n) is 21.6. The largest absolute Gasteiger partial charge is 0.496 e. The number of carbonyl (C=O) groups excluding carboxylic acids is 4. The molecule has 4 amide bonds. The number of carbonyl (C=O) groups is 4. The normalized spacial score (nSPS) is 25.2. The maximum absolute atomic E-state index is 14.9. The summed E-state index contributed by atoms with van der Waals surface area (Å²) in [6, 6.07) is 3.33. The van der Waals surface area contributed by atoms with Crippen molar-refractivity contribution in [3.05, 3.63) is 70.8 Å². The predicted octanol–water partition coefficient (Wildman–Crippen LogP) is 5.44. The zero-order valence-corrected chi connectivity index (χ0v) is 38.0. The Morgan fingerprint density at radius 3 is 2.54 bits per heavy atom. The van der Waals surface area contributed by atoms with E-state index in [0.29, 0.717) is 70.9 Å². The number of aryl methyl sites for hydroxylation is 2. The lowest BCUT2D eigenvalue weighted by Crippen LogP contribution is -2.58. The van der Waals surface area contributed by atoms with E-state index in [-0.39, 0.29) is 31.0 Å². The maximum atomic E-state index is 14.9. The number of benzene rings is 1. The van der Waals surface area contributed by atoms with Gasteiger partial charge in [0.05, 0.1) is 41.5 Å². The summed E-state index contributed by atoms with van der Waals surface area (Å²) in [7, 11) is -2.43. The number of pyridine rings is 1. The number of sulfonamides is 1. The van der Waals surface area contributed by atoms with Crippen LogP contribution in [-0.2, 0) is 24.4 Å². The predicted molar refractivity (Wildman–Crippen MR) is 237 cm³/mol. The summed E-state index contributed by atoms with van der Waals surface area (Å²) in [6.07, 6.45) is 10.1. The van der Waals surface area contributed by atoms with Crippen LogP contribution in [0.3, 0.4) is 0 Å². The van der Waals surface area contributed by atoms with E-state index in [4.69, 9.17) is 19.4 Å². The van der Waals surface area contributed by atoms with E-state index in [1.807, 2.05) is 42.7 Å². The number of amides is 4. The van der Waals surface area contributed by atoms with E-state index in [0.717, 1.165) is 24.1 Å². The number of rotatable bonds is 10. The van der Waals surface area contributed by atoms with Gasteiger partial charge >= 0.3 is 0 Å². The first-order valence-corrected chi connectivity index (χ1v) is 23.9. The average Bonchev–Trinajstić information content (AvgIpc) is 4.02. The molecule has 18 heteroatoms. The quantitative estimate of drug-likeness (QED) is 0.170. The summed E-state index contributed by atoms with van der Waals surface area (Å²) >= 11 is 1.47. The Bertz CT molecular complexity index is 2590. The molecule has 3 N–H and O–H groups in total. The number of thiazole rings is 1. The average molecular weight is 899 g/mol. The van der Waals surface area contributed by atoms with Crippen LogP contribution < -0.4 is 24.8 Å². The van der Waals surface area contributed by atoms with Crippen molar-refractivity contribution in [3.8, 4) is 22.2 Å². The smallest absolute Gasteiger partial charge is 0.272 e. The molecule has 5 heterocycles. The number of hydrogen-bond acceptors (Lipinski definition) is 13. The number of methoxy groups -OCH3 is 1. The number of hydrogen-bond donors (Lipinski definition) is 3. The number of allylic oxidation sites excluding steroid dienone is 1. The molecule has 16 nitrogen and oxygen atoms in total. The third-order valence-corrected chi connectivity index (χ3v) is 15.8. The molecule has 8 rings (SSSR count). The highest BCUT2D eigenvalue weighted by Crippen LogP contribution is 2.48. The van der Waals surface area contributed by atoms with Crippen molar-refractivity contribution in [3.63, 3.8) is 0 Å². The number of ether oxygens (including phenoxy) is 2. The molecule has 1 aromatic carbocycles. The van der Waals surface area contributed by atoms with Gasteiger partial charge in [-0.05, 0) is 77.3 Å². The molecule has 1 saturated heterocycles. The summed E-state index contributed by atoms with van der Waals surface area (Å²) in [5, 5.41) is 9.21. The lowest BCUT2D eigenvalue weighted by molar-refractivity contribution is -0.141. The molecular weight excluding hydrogens is 845 g/mol. The van der Waals surface area contributed by atoms with E-state index < -0.39 is 68.0 Å². The van der Waals surface area contributed by atoms with Gasteiger partial charge in [0.25, 0.3) is 11.8 Å². The molecule has 63 heavy (non-hydrogen) atoms. The Morgan fingerprint density at radius 1 is 1.05 bits per heavy atom. The molecule has 0 spiro atoms. The van der Waals surface area contributed by atoms with Gasteiger partial charge in [0, 0.05) is 40.9 Å². The van der Waals surface area contributed by atoms with Crippen molar-refractivity contribution < 1.29 is 37.1 Å². The van der Waals surface area contributed by atoms with Crippen molar-refractivity contribution in [1.82, 2.24) is 40.2 Å². The maximum Gasteiger partial charge on any atom is 0.272 e. The second-order valence-corrected chi connectivity index (χ2v) is 20.9. The van der Waals surface area contributed by atoms with Crippen LogP contribution >= 0.6 is 11.3 Å². The van der Waals surface area contributed by atoms with E-state index in [1.54, 1.807) is 21.0 Å². The minimum atomic E-state index is -4.02. The van der Waals surface area contributed by atoms with Gasteiger partial charge in [-0.2, -0.15) is 0 Å². The number of nitrogens with zero attached hydrogens (tertiary/aromatic N) is 5. The topological polar surface area (TPSA) is 212 Å². The first kappa shape index (κ1) is 44.1. The summed E-state index contributed by atoms with van der Waals surface area (Å²) in [5.74, 6) is -1.67. The number of nitrogens with one attached hydrogen (secondary N) is 3. The molecular formula is C45H54N8O8S2. The van der Waals surface area contributed by atoms with Gasteiger partial charge in [-0.3, -0.25) is 28.9 Å². The number of aromatic nitrogens is 4. The van der Waals surface area contributed by atoms with Crippen molar-refractivity contribution in [2.75, 3.05) is 13.7 Å². The third kappa shape index (κ3) is 8.88. The van der Waals surface area contributed by atoms with Crippen LogP contribution in [0.25, 0.3) is 21.6 Å². The van der Waals surface area contributed by atoms with E-state index in [2.05, 4.69) is 39.2 Å². The standard InChI is InChI=1S/C45H54N8O8S2/c1-25(2)34-24-62-41(50-34)32-19-37(30-14-15-36(60-6)27(4)38(30)48-32)61-29-18-35-40(55)51-45(43(57)52-63(58,59)44(5)16-17-44)20-28(45)12-10-8-7-9-11-13-31(42(56)53(35)23-29)49-39(54)33-22-46-26(3)21-47-33/h10,12,14-15,19,21-22,24-25,28-29,31,35H,7-9,11,13,16-18,20,23H2,1-6H3,(H,49,54)(H,51,55)(H,52,57)/b12-10-/t28-,29-,31+,35+,45-/m1/s1. The van der Waals surface area contributed by atoms with Gasteiger partial charge in [-0.25, -0.2) is 23.4 Å². The Labute approximate surface area is 371 Å². The highest BCUT2D eigenvalue weighted by atomic mass is 32.2. The number of fused-ring (bicyclic) bond motifs is 3. The van der Waals surface area contributed by atoms with Crippen molar-refractivity contribution in [2.24, 2.45) is 5.92 Å². The lowest BCUT2D eigenvalue weighted by atomic mass is 10.0. The van der Waals surface area contributed by atoms with E-state index in [1.165, 1.54) is 28.6 Å². The van der Waals surface area contributed by atoms with Gasteiger partial charge in [0.2, 0.25) is 21.8 Å². The van der Waals surface area contributed by atoms with Crippen molar-refractivity contribution in [1.29, 1.82) is 0 Å². The van der Waals surface area contributed by atoms with Crippen LogP contribution in [0, 0.1) is 19.8 Å². The molecule has 4 aromatic rings. The molecule has 3 aromatic heterocycles. The summed E-state index contributed by atoms with van der Waals surface area (Å²) < 4.78 is 40.3. The van der Waals surface area contributed by atoms with Crippen molar-refractivity contribution in [2.45, 2.75) is 127 Å². The van der Waals surface area contributed by atoms with Gasteiger partial charge in [-0.15, -0.1) is 11.3 Å². The Morgan fingerprint density at radius 2 is 1.84 bits per heavy atom. The fraction of sp³-hybridized carbons (Fsp3) is 0.511. The molecule has 5 atom stereocenters. The van der Waals surface area contributed by atoms with Crippen LogP contribution in [0.1, 0.15) is 112 Å². The van der Waals surface area contributed by atoms with Crippen LogP contribution in [0.5, 0.6) is 11.5 Å². The molecule has 0 unspecified atom stereocenters. The minimum absolute atomic E-state index is 0.0271. The second-order valence-electron chi connectivity index (χ2n) is 17.8. The van der Waals surface area contributed by atoms with Gasteiger partial charge < -0.3 is 25.0 Å². The molecule has 2 aliphatic heterocycles. The monoisotopic (exact) mass is 898 g/mol. The van der Waals surface area contributed by atoms with Gasteiger partial charge in [0.1, 0.15) is 51.6 Å². The fourth-order valence-electron chi connectivity index (χ4n) is 8.34. The molecule has 4 aliphatic rings. The second kappa shape index (κ2) is 17.2. The van der Waals surface area contributed by atoms with Crippen LogP contribution in [-0.4, -0.2) is 99.0 Å².